The first kappa shape index (κ1) is 14.2. The molecule has 108 valence electrons. The molecule has 20 heavy (non-hydrogen) atoms. The number of carbonyl (C=O) groups excluding carboxylic acids is 1. The SMILES string of the molecule is NCC1CCCN1C(=O)C1CC1c1ccc(Cl)cc1Cl. The van der Waals surface area contributed by atoms with E-state index in [1.165, 1.54) is 0 Å². The van der Waals surface area contributed by atoms with Crippen molar-refractivity contribution in [2.45, 2.75) is 31.2 Å². The van der Waals surface area contributed by atoms with Crippen LogP contribution < -0.4 is 5.73 Å². The van der Waals surface area contributed by atoms with Crippen LogP contribution in [0.3, 0.4) is 0 Å². The largest absolute Gasteiger partial charge is 0.338 e. The zero-order valence-electron chi connectivity index (χ0n) is 11.2. The number of nitrogens with two attached hydrogens (primary N) is 1. The van der Waals surface area contributed by atoms with Gasteiger partial charge in [-0.2, -0.15) is 0 Å². The predicted molar refractivity (Wildman–Crippen MR) is 81.1 cm³/mol. The summed E-state index contributed by atoms with van der Waals surface area (Å²) in [6.07, 6.45) is 2.97. The fourth-order valence-corrected chi connectivity index (χ4v) is 3.75. The van der Waals surface area contributed by atoms with Gasteiger partial charge in [-0.3, -0.25) is 4.79 Å². The summed E-state index contributed by atoms with van der Waals surface area (Å²) in [4.78, 5) is 14.5. The predicted octanol–water partition coefficient (Wildman–Crippen LogP) is 3.05. The van der Waals surface area contributed by atoms with E-state index in [9.17, 15) is 4.79 Å². The third kappa shape index (κ3) is 2.54. The first-order valence-corrected chi connectivity index (χ1v) is 7.83. The van der Waals surface area contributed by atoms with Crippen LogP contribution in [-0.2, 0) is 4.79 Å². The van der Waals surface area contributed by atoms with E-state index in [1.54, 1.807) is 6.07 Å². The zero-order valence-corrected chi connectivity index (χ0v) is 12.7. The Balaban J connectivity index is 1.71. The van der Waals surface area contributed by atoms with Gasteiger partial charge in [0.05, 0.1) is 0 Å². The van der Waals surface area contributed by atoms with Crippen molar-refractivity contribution in [2.24, 2.45) is 11.7 Å². The standard InChI is InChI=1S/C15H18Cl2N2O/c16-9-3-4-11(14(17)6-9)12-7-13(12)15(20)19-5-1-2-10(19)8-18/h3-4,6,10,12-13H,1-2,5,7-8,18H2. The summed E-state index contributed by atoms with van der Waals surface area (Å²) < 4.78 is 0. The number of hydrogen-bond acceptors (Lipinski definition) is 2. The van der Waals surface area contributed by atoms with Gasteiger partial charge in [-0.15, -0.1) is 0 Å². The highest BCUT2D eigenvalue weighted by Gasteiger charge is 2.48. The second-order valence-electron chi connectivity index (χ2n) is 5.68. The number of rotatable bonds is 3. The monoisotopic (exact) mass is 312 g/mol. The number of hydrogen-bond donors (Lipinski definition) is 1. The molecule has 1 saturated carbocycles. The zero-order chi connectivity index (χ0) is 14.3. The van der Waals surface area contributed by atoms with Crippen molar-refractivity contribution in [3.8, 4) is 0 Å². The van der Waals surface area contributed by atoms with Crippen LogP contribution in [0.1, 0.15) is 30.7 Å². The Morgan fingerprint density at radius 2 is 2.20 bits per heavy atom. The van der Waals surface area contributed by atoms with Crippen molar-refractivity contribution >= 4 is 29.1 Å². The summed E-state index contributed by atoms with van der Waals surface area (Å²) >= 11 is 12.1. The molecule has 3 unspecified atom stereocenters. The molecule has 1 aliphatic carbocycles. The summed E-state index contributed by atoms with van der Waals surface area (Å²) in [6.45, 7) is 1.41. The summed E-state index contributed by atoms with van der Waals surface area (Å²) in [7, 11) is 0. The Morgan fingerprint density at radius 1 is 1.40 bits per heavy atom. The highest BCUT2D eigenvalue weighted by atomic mass is 35.5. The topological polar surface area (TPSA) is 46.3 Å². The van der Waals surface area contributed by atoms with Crippen LogP contribution in [0.15, 0.2) is 18.2 Å². The summed E-state index contributed by atoms with van der Waals surface area (Å²) in [5.41, 5.74) is 6.78. The number of carbonyl (C=O) groups is 1. The molecule has 3 rings (SSSR count). The maximum Gasteiger partial charge on any atom is 0.226 e. The molecule has 2 fully saturated rings. The lowest BCUT2D eigenvalue weighted by atomic mass is 10.1. The summed E-state index contributed by atoms with van der Waals surface area (Å²) in [5, 5.41) is 1.29. The highest BCUT2D eigenvalue weighted by Crippen LogP contribution is 2.51. The maximum atomic E-state index is 12.5. The number of likely N-dealkylation sites (tertiary alicyclic amines) is 1. The van der Waals surface area contributed by atoms with E-state index < -0.39 is 0 Å². The molecule has 1 amide bonds. The van der Waals surface area contributed by atoms with E-state index in [-0.39, 0.29) is 23.8 Å². The quantitative estimate of drug-likeness (QED) is 0.932. The number of nitrogens with zero attached hydrogens (tertiary/aromatic N) is 1. The Labute approximate surface area is 129 Å². The van der Waals surface area contributed by atoms with E-state index >= 15 is 0 Å². The average Bonchev–Trinajstić information content (AvgIpc) is 3.06. The molecule has 0 aromatic heterocycles. The molecule has 3 atom stereocenters. The Kier molecular flexibility index (Phi) is 3.93. The van der Waals surface area contributed by atoms with E-state index in [0.717, 1.165) is 31.4 Å². The molecule has 0 radical (unpaired) electrons. The maximum absolute atomic E-state index is 12.5. The molecule has 5 heteroatoms. The van der Waals surface area contributed by atoms with Crippen LogP contribution in [0.5, 0.6) is 0 Å². The third-order valence-electron chi connectivity index (χ3n) is 4.40. The van der Waals surface area contributed by atoms with Gasteiger partial charge in [0.1, 0.15) is 0 Å². The smallest absolute Gasteiger partial charge is 0.226 e. The third-order valence-corrected chi connectivity index (χ3v) is 4.96. The first-order chi connectivity index (χ1) is 9.61. The van der Waals surface area contributed by atoms with Gasteiger partial charge in [0.25, 0.3) is 0 Å². The van der Waals surface area contributed by atoms with Crippen molar-refractivity contribution in [3.05, 3.63) is 33.8 Å². The van der Waals surface area contributed by atoms with Crippen molar-refractivity contribution < 1.29 is 4.79 Å². The van der Waals surface area contributed by atoms with Crippen LogP contribution in [0.25, 0.3) is 0 Å². The lowest BCUT2D eigenvalue weighted by molar-refractivity contribution is -0.133. The molecule has 1 aromatic carbocycles. The van der Waals surface area contributed by atoms with Crippen LogP contribution in [0.4, 0.5) is 0 Å². The fourth-order valence-electron chi connectivity index (χ4n) is 3.20. The second kappa shape index (κ2) is 5.55. The van der Waals surface area contributed by atoms with Crippen molar-refractivity contribution in [2.75, 3.05) is 13.1 Å². The normalized spacial score (nSPS) is 28.8. The molecule has 1 aliphatic heterocycles. The van der Waals surface area contributed by atoms with Gasteiger partial charge < -0.3 is 10.6 Å². The second-order valence-corrected chi connectivity index (χ2v) is 6.52. The molecule has 3 nitrogen and oxygen atoms in total. The minimum atomic E-state index is 0.0702. The van der Waals surface area contributed by atoms with Crippen LogP contribution in [0.2, 0.25) is 10.0 Å². The van der Waals surface area contributed by atoms with Gasteiger partial charge in [0.2, 0.25) is 5.91 Å². The first-order valence-electron chi connectivity index (χ1n) is 7.07. The Bertz CT molecular complexity index is 535. The van der Waals surface area contributed by atoms with Gasteiger partial charge in [-0.05, 0) is 42.9 Å². The van der Waals surface area contributed by atoms with Crippen LogP contribution >= 0.6 is 23.2 Å². The van der Waals surface area contributed by atoms with E-state index in [0.29, 0.717) is 16.6 Å². The number of benzene rings is 1. The molecule has 0 bridgehead atoms. The fraction of sp³-hybridized carbons (Fsp3) is 0.533. The molecule has 1 heterocycles. The van der Waals surface area contributed by atoms with Gasteiger partial charge in [-0.1, -0.05) is 29.3 Å². The average molecular weight is 313 g/mol. The van der Waals surface area contributed by atoms with Gasteiger partial charge in [0, 0.05) is 35.1 Å². The minimum absolute atomic E-state index is 0.0702. The van der Waals surface area contributed by atoms with Gasteiger partial charge >= 0.3 is 0 Å². The molecule has 2 N–H and O–H groups in total. The van der Waals surface area contributed by atoms with Crippen molar-refractivity contribution in [1.29, 1.82) is 0 Å². The summed E-state index contributed by atoms with van der Waals surface area (Å²) in [5.74, 6) is 0.557. The molecule has 2 aliphatic rings. The summed E-state index contributed by atoms with van der Waals surface area (Å²) in [6, 6.07) is 5.75. The van der Waals surface area contributed by atoms with Gasteiger partial charge in [0.15, 0.2) is 0 Å². The molecule has 0 spiro atoms. The van der Waals surface area contributed by atoms with Crippen molar-refractivity contribution in [1.82, 2.24) is 4.90 Å². The molecule has 1 aromatic rings. The minimum Gasteiger partial charge on any atom is -0.338 e. The van der Waals surface area contributed by atoms with E-state index in [4.69, 9.17) is 28.9 Å². The van der Waals surface area contributed by atoms with Crippen molar-refractivity contribution in [3.63, 3.8) is 0 Å². The molecule has 1 saturated heterocycles. The highest BCUT2D eigenvalue weighted by molar-refractivity contribution is 6.35. The van der Waals surface area contributed by atoms with E-state index in [1.807, 2.05) is 17.0 Å². The number of amides is 1. The lowest BCUT2D eigenvalue weighted by Crippen LogP contribution is -2.40. The van der Waals surface area contributed by atoms with E-state index in [2.05, 4.69) is 0 Å². The Morgan fingerprint density at radius 3 is 2.90 bits per heavy atom. The molecular weight excluding hydrogens is 295 g/mol. The molecular formula is C15H18Cl2N2O. The Hall–Kier alpha value is -0.770. The lowest BCUT2D eigenvalue weighted by Gasteiger charge is -2.23. The van der Waals surface area contributed by atoms with Crippen LogP contribution in [-0.4, -0.2) is 29.9 Å². The van der Waals surface area contributed by atoms with Crippen LogP contribution in [0, 0.1) is 5.92 Å². The van der Waals surface area contributed by atoms with Gasteiger partial charge in [-0.25, -0.2) is 0 Å². The number of halogens is 2.